The quantitative estimate of drug-likeness (QED) is 0.855. The number of hydrogen-bond donors (Lipinski definition) is 2. The molecule has 0 bridgehead atoms. The molecule has 4 nitrogen and oxygen atoms in total. The summed E-state index contributed by atoms with van der Waals surface area (Å²) in [5.41, 5.74) is 1.20. The first-order chi connectivity index (χ1) is 11.3. The standard InChI is InChI=1S/C19H28N2O2.ClH/c22-19(18-14-20-11-12-23-18)21-17(16-9-5-2-6-10-16)13-15-7-3-1-4-8-15;/h2,5-6,9-10,15,17-18,20H,1,3-4,7-8,11-14H2,(H,21,22);1H. The smallest absolute Gasteiger partial charge is 0.250 e. The van der Waals surface area contributed by atoms with Gasteiger partial charge in [0.05, 0.1) is 12.6 Å². The summed E-state index contributed by atoms with van der Waals surface area (Å²) in [6.45, 7) is 2.04. The molecule has 1 saturated carbocycles. The van der Waals surface area contributed by atoms with E-state index >= 15 is 0 Å². The molecule has 2 unspecified atom stereocenters. The summed E-state index contributed by atoms with van der Waals surface area (Å²) in [5, 5.41) is 6.47. The molecule has 2 aliphatic rings. The number of amides is 1. The molecule has 24 heavy (non-hydrogen) atoms. The Bertz CT molecular complexity index is 485. The Morgan fingerprint density at radius 1 is 1.21 bits per heavy atom. The van der Waals surface area contributed by atoms with Gasteiger partial charge in [-0.1, -0.05) is 62.4 Å². The molecule has 1 aromatic carbocycles. The van der Waals surface area contributed by atoms with Crippen LogP contribution in [0.3, 0.4) is 0 Å². The maximum Gasteiger partial charge on any atom is 0.250 e. The van der Waals surface area contributed by atoms with Gasteiger partial charge in [0.15, 0.2) is 0 Å². The van der Waals surface area contributed by atoms with Crippen LogP contribution in [0.2, 0.25) is 0 Å². The van der Waals surface area contributed by atoms with Crippen molar-refractivity contribution in [1.82, 2.24) is 10.6 Å². The van der Waals surface area contributed by atoms with Crippen molar-refractivity contribution in [3.63, 3.8) is 0 Å². The molecule has 2 N–H and O–H groups in total. The lowest BCUT2D eigenvalue weighted by atomic mass is 9.83. The summed E-state index contributed by atoms with van der Waals surface area (Å²) >= 11 is 0. The van der Waals surface area contributed by atoms with Crippen molar-refractivity contribution in [3.05, 3.63) is 35.9 Å². The zero-order chi connectivity index (χ0) is 15.9. The van der Waals surface area contributed by atoms with Crippen molar-refractivity contribution in [1.29, 1.82) is 0 Å². The highest BCUT2D eigenvalue weighted by Gasteiger charge is 2.26. The maximum atomic E-state index is 12.5. The fraction of sp³-hybridized carbons (Fsp3) is 0.632. The Morgan fingerprint density at radius 3 is 2.62 bits per heavy atom. The third-order valence-corrected chi connectivity index (χ3v) is 5.03. The van der Waals surface area contributed by atoms with Crippen LogP contribution in [0, 0.1) is 5.92 Å². The SMILES string of the molecule is Cl.O=C(NC(CC1CCCCC1)c1ccccc1)C1CNCCO1. The van der Waals surface area contributed by atoms with E-state index in [0.29, 0.717) is 13.2 Å². The molecule has 134 valence electrons. The second-order valence-corrected chi connectivity index (χ2v) is 6.78. The van der Waals surface area contributed by atoms with Gasteiger partial charge >= 0.3 is 0 Å². The average molecular weight is 353 g/mol. The monoisotopic (exact) mass is 352 g/mol. The van der Waals surface area contributed by atoms with Crippen molar-refractivity contribution in [2.45, 2.75) is 50.7 Å². The normalized spacial score (nSPS) is 23.1. The van der Waals surface area contributed by atoms with E-state index in [1.807, 2.05) is 18.2 Å². The number of hydrogen-bond acceptors (Lipinski definition) is 3. The molecule has 0 aromatic heterocycles. The van der Waals surface area contributed by atoms with E-state index in [2.05, 4.69) is 22.8 Å². The molecule has 5 heteroatoms. The molecule has 3 rings (SSSR count). The summed E-state index contributed by atoms with van der Waals surface area (Å²) in [5.74, 6) is 0.738. The predicted molar refractivity (Wildman–Crippen MR) is 98.4 cm³/mol. The topological polar surface area (TPSA) is 50.4 Å². The number of rotatable bonds is 5. The Kier molecular flexibility index (Phi) is 8.03. The fourth-order valence-electron chi connectivity index (χ4n) is 3.72. The highest BCUT2D eigenvalue weighted by atomic mass is 35.5. The van der Waals surface area contributed by atoms with Crippen LogP contribution in [-0.2, 0) is 9.53 Å². The average Bonchev–Trinajstić information content (AvgIpc) is 2.63. The van der Waals surface area contributed by atoms with E-state index in [1.165, 1.54) is 37.7 Å². The van der Waals surface area contributed by atoms with E-state index in [1.54, 1.807) is 0 Å². The number of carbonyl (C=O) groups excluding carboxylic acids is 1. The number of halogens is 1. The van der Waals surface area contributed by atoms with Gasteiger partial charge < -0.3 is 15.4 Å². The highest BCUT2D eigenvalue weighted by molar-refractivity contribution is 5.85. The second kappa shape index (κ2) is 10.0. The van der Waals surface area contributed by atoms with Crippen LogP contribution in [0.15, 0.2) is 30.3 Å². The molecule has 1 heterocycles. The lowest BCUT2D eigenvalue weighted by Crippen LogP contribution is -2.48. The van der Waals surface area contributed by atoms with Crippen molar-refractivity contribution >= 4 is 18.3 Å². The Hall–Kier alpha value is -1.10. The van der Waals surface area contributed by atoms with E-state index in [4.69, 9.17) is 4.74 Å². The minimum absolute atomic E-state index is 0. The van der Waals surface area contributed by atoms with Crippen LogP contribution in [0.25, 0.3) is 0 Å². The van der Waals surface area contributed by atoms with E-state index < -0.39 is 0 Å². The van der Waals surface area contributed by atoms with Crippen LogP contribution >= 0.6 is 12.4 Å². The molecular formula is C19H29ClN2O2. The van der Waals surface area contributed by atoms with Crippen LogP contribution in [0.5, 0.6) is 0 Å². The number of benzene rings is 1. The summed E-state index contributed by atoms with van der Waals surface area (Å²) in [7, 11) is 0. The molecule has 0 spiro atoms. The minimum Gasteiger partial charge on any atom is -0.366 e. The molecule has 2 fully saturated rings. The number of carbonyl (C=O) groups is 1. The van der Waals surface area contributed by atoms with Gasteiger partial charge in [0, 0.05) is 13.1 Å². The van der Waals surface area contributed by atoms with Crippen LogP contribution in [-0.4, -0.2) is 31.7 Å². The van der Waals surface area contributed by atoms with Gasteiger partial charge in [-0.25, -0.2) is 0 Å². The van der Waals surface area contributed by atoms with Crippen LogP contribution < -0.4 is 10.6 Å². The molecule has 1 aromatic rings. The lowest BCUT2D eigenvalue weighted by molar-refractivity contribution is -0.135. The number of ether oxygens (including phenoxy) is 1. The fourth-order valence-corrected chi connectivity index (χ4v) is 3.72. The van der Waals surface area contributed by atoms with Gasteiger partial charge in [0.2, 0.25) is 0 Å². The molecule has 1 saturated heterocycles. The van der Waals surface area contributed by atoms with Crippen LogP contribution in [0.1, 0.15) is 50.1 Å². The Morgan fingerprint density at radius 2 is 1.96 bits per heavy atom. The zero-order valence-electron chi connectivity index (χ0n) is 14.2. The van der Waals surface area contributed by atoms with Crippen molar-refractivity contribution in [2.75, 3.05) is 19.7 Å². The first-order valence-corrected chi connectivity index (χ1v) is 9.00. The largest absolute Gasteiger partial charge is 0.366 e. The van der Waals surface area contributed by atoms with E-state index in [9.17, 15) is 4.79 Å². The van der Waals surface area contributed by atoms with Gasteiger partial charge in [-0.05, 0) is 17.9 Å². The molecular weight excluding hydrogens is 324 g/mol. The van der Waals surface area contributed by atoms with E-state index in [0.717, 1.165) is 18.9 Å². The van der Waals surface area contributed by atoms with Gasteiger partial charge in [-0.3, -0.25) is 4.79 Å². The zero-order valence-corrected chi connectivity index (χ0v) is 15.0. The first kappa shape index (κ1) is 19.2. The molecule has 0 radical (unpaired) electrons. The van der Waals surface area contributed by atoms with Gasteiger partial charge in [-0.15, -0.1) is 12.4 Å². The summed E-state index contributed by atoms with van der Waals surface area (Å²) in [6, 6.07) is 10.5. The third-order valence-electron chi connectivity index (χ3n) is 5.03. The molecule has 2 atom stereocenters. The first-order valence-electron chi connectivity index (χ1n) is 9.00. The maximum absolute atomic E-state index is 12.5. The van der Waals surface area contributed by atoms with Gasteiger partial charge in [0.25, 0.3) is 5.91 Å². The van der Waals surface area contributed by atoms with Gasteiger partial charge in [-0.2, -0.15) is 0 Å². The molecule has 1 aliphatic carbocycles. The number of nitrogens with one attached hydrogen (secondary N) is 2. The van der Waals surface area contributed by atoms with E-state index in [-0.39, 0.29) is 30.5 Å². The van der Waals surface area contributed by atoms with Crippen molar-refractivity contribution < 1.29 is 9.53 Å². The molecule has 1 amide bonds. The third kappa shape index (κ3) is 5.47. The summed E-state index contributed by atoms with van der Waals surface area (Å²) < 4.78 is 5.59. The predicted octanol–water partition coefficient (Wildman–Crippen LogP) is 3.22. The van der Waals surface area contributed by atoms with Crippen molar-refractivity contribution in [3.8, 4) is 0 Å². The molecule has 1 aliphatic heterocycles. The highest BCUT2D eigenvalue weighted by Crippen LogP contribution is 2.32. The van der Waals surface area contributed by atoms with Gasteiger partial charge in [0.1, 0.15) is 6.10 Å². The Balaban J connectivity index is 0.00000208. The number of morpholine rings is 1. The lowest BCUT2D eigenvalue weighted by Gasteiger charge is -2.30. The van der Waals surface area contributed by atoms with Crippen molar-refractivity contribution in [2.24, 2.45) is 5.92 Å². The second-order valence-electron chi connectivity index (χ2n) is 6.78. The summed E-state index contributed by atoms with van der Waals surface area (Å²) in [6.07, 6.45) is 7.28. The Labute approximate surface area is 151 Å². The minimum atomic E-state index is -0.360. The van der Waals surface area contributed by atoms with Crippen LogP contribution in [0.4, 0.5) is 0 Å². The summed E-state index contributed by atoms with van der Waals surface area (Å²) in [4.78, 5) is 12.5.